The molecule has 0 radical (unpaired) electrons. The molecule has 5 fully saturated rings. The van der Waals surface area contributed by atoms with Gasteiger partial charge in [-0.1, -0.05) is 26.0 Å². The summed E-state index contributed by atoms with van der Waals surface area (Å²) in [6, 6.07) is 6.00. The Morgan fingerprint density at radius 2 is 1.81 bits per heavy atom. The SMILES string of the molecule is C[C@@H]1CCC2[C@@H](C)[C@@H](OC(=O)c3ccccc3C(=O)O)OC3OC4(C)CCC1[C@]32OO4. The van der Waals surface area contributed by atoms with Gasteiger partial charge >= 0.3 is 11.9 Å². The Hall–Kier alpha value is -2.00. The molecule has 8 heteroatoms. The maximum atomic E-state index is 12.9. The molecule has 1 aromatic carbocycles. The van der Waals surface area contributed by atoms with E-state index in [1.165, 1.54) is 12.1 Å². The molecule has 4 unspecified atom stereocenters. The van der Waals surface area contributed by atoms with E-state index in [0.717, 1.165) is 19.3 Å². The number of esters is 1. The topological polar surface area (TPSA) is 101 Å². The molecule has 168 valence electrons. The van der Waals surface area contributed by atoms with Crippen molar-refractivity contribution in [1.29, 1.82) is 0 Å². The number of carboxylic acids is 1. The Labute approximate surface area is 180 Å². The maximum Gasteiger partial charge on any atom is 0.341 e. The molecule has 4 saturated heterocycles. The third kappa shape index (κ3) is 3.11. The van der Waals surface area contributed by atoms with Crippen molar-refractivity contribution < 1.29 is 38.7 Å². The Balaban J connectivity index is 1.45. The van der Waals surface area contributed by atoms with Gasteiger partial charge in [-0.3, -0.25) is 0 Å². The van der Waals surface area contributed by atoms with Gasteiger partial charge in [0.05, 0.1) is 11.1 Å². The minimum Gasteiger partial charge on any atom is -0.478 e. The predicted octanol–water partition coefficient (Wildman–Crippen LogP) is 3.75. The van der Waals surface area contributed by atoms with Crippen LogP contribution in [0.2, 0.25) is 0 Å². The molecule has 1 aliphatic carbocycles. The Bertz CT molecular complexity index is 901. The maximum absolute atomic E-state index is 12.9. The first-order valence-electron chi connectivity index (χ1n) is 11.0. The van der Waals surface area contributed by atoms with E-state index in [1.807, 2.05) is 13.8 Å². The van der Waals surface area contributed by atoms with E-state index in [2.05, 4.69) is 6.92 Å². The highest BCUT2D eigenvalue weighted by molar-refractivity contribution is 6.02. The van der Waals surface area contributed by atoms with E-state index in [0.29, 0.717) is 12.3 Å². The Morgan fingerprint density at radius 1 is 1.06 bits per heavy atom. The molecule has 31 heavy (non-hydrogen) atoms. The van der Waals surface area contributed by atoms with Crippen molar-refractivity contribution in [3.8, 4) is 0 Å². The molecule has 8 atom stereocenters. The first-order chi connectivity index (χ1) is 14.7. The van der Waals surface area contributed by atoms with Crippen LogP contribution in [0.15, 0.2) is 24.3 Å². The number of ether oxygens (including phenoxy) is 3. The van der Waals surface area contributed by atoms with Gasteiger partial charge in [0.1, 0.15) is 0 Å². The third-order valence-electron chi connectivity index (χ3n) is 7.70. The molecule has 8 nitrogen and oxygen atoms in total. The highest BCUT2D eigenvalue weighted by Crippen LogP contribution is 2.60. The summed E-state index contributed by atoms with van der Waals surface area (Å²) in [4.78, 5) is 36.3. The van der Waals surface area contributed by atoms with Crippen LogP contribution in [-0.2, 0) is 24.0 Å². The minimum absolute atomic E-state index is 0.00363. The van der Waals surface area contributed by atoms with Crippen LogP contribution in [0.25, 0.3) is 0 Å². The molecule has 4 aliphatic heterocycles. The summed E-state index contributed by atoms with van der Waals surface area (Å²) in [7, 11) is 0. The smallest absolute Gasteiger partial charge is 0.341 e. The van der Waals surface area contributed by atoms with E-state index in [1.54, 1.807) is 12.1 Å². The fraction of sp³-hybridized carbons (Fsp3) is 0.652. The van der Waals surface area contributed by atoms with Crippen LogP contribution in [0.1, 0.15) is 67.2 Å². The molecule has 6 rings (SSSR count). The van der Waals surface area contributed by atoms with Crippen LogP contribution in [0, 0.1) is 23.7 Å². The van der Waals surface area contributed by atoms with Gasteiger partial charge in [0.15, 0.2) is 11.9 Å². The lowest BCUT2D eigenvalue weighted by molar-refractivity contribution is -0.576. The lowest BCUT2D eigenvalue weighted by atomic mass is 9.58. The van der Waals surface area contributed by atoms with E-state index >= 15 is 0 Å². The molecule has 0 aromatic heterocycles. The van der Waals surface area contributed by atoms with Crippen LogP contribution in [0.4, 0.5) is 0 Å². The summed E-state index contributed by atoms with van der Waals surface area (Å²) in [5.74, 6) is -2.34. The zero-order valence-corrected chi connectivity index (χ0v) is 17.9. The average molecular weight is 432 g/mol. The van der Waals surface area contributed by atoms with Crippen molar-refractivity contribution in [3.05, 3.63) is 35.4 Å². The monoisotopic (exact) mass is 432 g/mol. The lowest BCUT2D eigenvalue weighted by Gasteiger charge is -2.59. The van der Waals surface area contributed by atoms with Crippen LogP contribution >= 0.6 is 0 Å². The zero-order chi connectivity index (χ0) is 22.0. The summed E-state index contributed by atoms with van der Waals surface area (Å²) in [6.45, 7) is 6.05. The van der Waals surface area contributed by atoms with Gasteiger partial charge in [0.2, 0.25) is 12.1 Å². The highest BCUT2D eigenvalue weighted by atomic mass is 17.3. The van der Waals surface area contributed by atoms with Gasteiger partial charge in [0, 0.05) is 18.3 Å². The van der Waals surface area contributed by atoms with E-state index in [-0.39, 0.29) is 28.9 Å². The molecular weight excluding hydrogens is 404 g/mol. The van der Waals surface area contributed by atoms with Crippen LogP contribution < -0.4 is 0 Å². The van der Waals surface area contributed by atoms with Crippen molar-refractivity contribution in [2.45, 2.75) is 70.4 Å². The summed E-state index contributed by atoms with van der Waals surface area (Å²) in [5, 5.41) is 9.41. The second kappa shape index (κ2) is 7.27. The van der Waals surface area contributed by atoms with Crippen molar-refractivity contribution in [2.24, 2.45) is 23.7 Å². The molecule has 1 saturated carbocycles. The van der Waals surface area contributed by atoms with Gasteiger partial charge in [-0.15, -0.1) is 0 Å². The molecule has 4 heterocycles. The van der Waals surface area contributed by atoms with Crippen LogP contribution in [-0.4, -0.2) is 41.0 Å². The van der Waals surface area contributed by atoms with Gasteiger partial charge in [-0.25, -0.2) is 19.4 Å². The predicted molar refractivity (Wildman–Crippen MR) is 106 cm³/mol. The number of aromatic carboxylic acids is 1. The minimum atomic E-state index is -1.18. The third-order valence-corrected chi connectivity index (χ3v) is 7.70. The molecule has 2 bridgehead atoms. The number of hydrogen-bond donors (Lipinski definition) is 1. The number of hydrogen-bond acceptors (Lipinski definition) is 7. The van der Waals surface area contributed by atoms with Gasteiger partial charge in [-0.2, -0.15) is 0 Å². The summed E-state index contributed by atoms with van der Waals surface area (Å²) < 4.78 is 18.2. The normalized spacial score (nSPS) is 43.6. The standard InChI is InChI=1S/C23H28O8/c1-12-8-9-17-13(2)20(27-19(26)15-7-5-4-6-14(15)18(24)25)28-21-23(17)16(12)10-11-22(3,29-21)30-31-23/h4-7,12-13,16-17,20-21H,8-11H2,1-3H3,(H,24,25)/t12-,13-,16?,17?,20+,21?,22?,23-/m1/s1. The first-order valence-corrected chi connectivity index (χ1v) is 11.0. The number of rotatable bonds is 3. The number of carbonyl (C=O) groups excluding carboxylic acids is 1. The zero-order valence-electron chi connectivity index (χ0n) is 17.9. The second-order valence-electron chi connectivity index (χ2n) is 9.53. The van der Waals surface area contributed by atoms with E-state index in [9.17, 15) is 14.7 Å². The second-order valence-corrected chi connectivity index (χ2v) is 9.53. The quantitative estimate of drug-likeness (QED) is 0.569. The molecule has 0 amide bonds. The summed E-state index contributed by atoms with van der Waals surface area (Å²) in [6.07, 6.45) is 1.92. The lowest BCUT2D eigenvalue weighted by Crippen LogP contribution is -2.70. The number of fused-ring (bicyclic) bond motifs is 2. The molecule has 1 aromatic rings. The highest BCUT2D eigenvalue weighted by Gasteiger charge is 2.69. The first kappa shape index (κ1) is 20.9. The molecule has 5 aliphatic rings. The van der Waals surface area contributed by atoms with Crippen molar-refractivity contribution in [2.75, 3.05) is 0 Å². The van der Waals surface area contributed by atoms with Crippen molar-refractivity contribution >= 4 is 11.9 Å². The largest absolute Gasteiger partial charge is 0.478 e. The fourth-order valence-corrected chi connectivity index (χ4v) is 6.02. The fourth-order valence-electron chi connectivity index (χ4n) is 6.02. The number of benzene rings is 1. The van der Waals surface area contributed by atoms with Gasteiger partial charge in [0.25, 0.3) is 0 Å². The average Bonchev–Trinajstić information content (AvgIpc) is 2.97. The molecule has 1 N–H and O–H groups in total. The van der Waals surface area contributed by atoms with Gasteiger partial charge < -0.3 is 19.3 Å². The van der Waals surface area contributed by atoms with Gasteiger partial charge in [-0.05, 0) is 50.2 Å². The van der Waals surface area contributed by atoms with Crippen LogP contribution in [0.5, 0.6) is 0 Å². The molecular formula is C23H28O8. The van der Waals surface area contributed by atoms with E-state index < -0.39 is 35.9 Å². The number of carboxylic acid groups (broad SMARTS) is 1. The van der Waals surface area contributed by atoms with Crippen molar-refractivity contribution in [3.63, 3.8) is 0 Å². The Kier molecular flexibility index (Phi) is 4.89. The molecule has 1 spiro atoms. The number of carbonyl (C=O) groups is 2. The van der Waals surface area contributed by atoms with E-state index in [4.69, 9.17) is 24.0 Å². The van der Waals surface area contributed by atoms with Crippen LogP contribution in [0.3, 0.4) is 0 Å². The Morgan fingerprint density at radius 3 is 2.55 bits per heavy atom. The summed E-state index contributed by atoms with van der Waals surface area (Å²) in [5.41, 5.74) is -0.848. The summed E-state index contributed by atoms with van der Waals surface area (Å²) >= 11 is 0. The van der Waals surface area contributed by atoms with Crippen molar-refractivity contribution in [1.82, 2.24) is 0 Å².